The van der Waals surface area contributed by atoms with Gasteiger partial charge in [0.1, 0.15) is 22.0 Å². The lowest BCUT2D eigenvalue weighted by atomic mass is 10.0. The van der Waals surface area contributed by atoms with Crippen LogP contribution >= 0.6 is 0 Å². The van der Waals surface area contributed by atoms with Crippen LogP contribution in [0, 0.1) is 0 Å². The Kier molecular flexibility index (Phi) is 4.34. The fourth-order valence-corrected chi connectivity index (χ4v) is 3.42. The summed E-state index contributed by atoms with van der Waals surface area (Å²) in [4.78, 5) is 31.8. The first-order valence-electron chi connectivity index (χ1n) is 7.29. The number of anilines is 1. The molecule has 1 heterocycles. The monoisotopic (exact) mass is 397 g/mol. The highest BCUT2D eigenvalue weighted by Crippen LogP contribution is 2.31. The van der Waals surface area contributed by atoms with E-state index in [-0.39, 0.29) is 11.4 Å². The Morgan fingerprint density at radius 1 is 0.926 bits per heavy atom. The molecule has 0 amide bonds. The van der Waals surface area contributed by atoms with Gasteiger partial charge in [-0.15, -0.1) is 0 Å². The van der Waals surface area contributed by atoms with Crippen LogP contribution in [0.15, 0.2) is 47.3 Å². The lowest BCUT2D eigenvalue weighted by Gasteiger charge is -2.19. The van der Waals surface area contributed by atoms with E-state index in [9.17, 15) is 31.2 Å². The molecule has 0 radical (unpaired) electrons. The minimum absolute atomic E-state index is 0.00681. The second kappa shape index (κ2) is 6.27. The molecule has 0 saturated heterocycles. The van der Waals surface area contributed by atoms with Crippen molar-refractivity contribution in [3.63, 3.8) is 0 Å². The number of halogens is 3. The highest BCUT2D eigenvalue weighted by Gasteiger charge is 2.39. The third kappa shape index (κ3) is 3.45. The molecule has 3 rings (SSSR count). The zero-order valence-corrected chi connectivity index (χ0v) is 14.4. The number of nitrogens with one attached hydrogen (secondary N) is 1. The van der Waals surface area contributed by atoms with Crippen molar-refractivity contribution in [2.75, 3.05) is 11.6 Å². The molecule has 0 fully saturated rings. The SMILES string of the molecule is CS(=O)(=O)C1=C(Nc2ccc(C(F)(F)F)cc2)C(=O)c2nccnc2C1=O. The first-order chi connectivity index (χ1) is 12.5. The summed E-state index contributed by atoms with van der Waals surface area (Å²) in [7, 11) is -4.15. The van der Waals surface area contributed by atoms with Crippen LogP contribution in [-0.2, 0) is 16.0 Å². The number of fused-ring (bicyclic) bond motifs is 1. The van der Waals surface area contributed by atoms with Gasteiger partial charge in [0.2, 0.25) is 11.6 Å². The van der Waals surface area contributed by atoms with Crippen LogP contribution in [0.25, 0.3) is 0 Å². The van der Waals surface area contributed by atoms with E-state index < -0.39 is 49.4 Å². The lowest BCUT2D eigenvalue weighted by Crippen LogP contribution is -2.31. The van der Waals surface area contributed by atoms with Crippen LogP contribution < -0.4 is 5.32 Å². The van der Waals surface area contributed by atoms with E-state index in [1.54, 1.807) is 0 Å². The van der Waals surface area contributed by atoms with Gasteiger partial charge >= 0.3 is 6.18 Å². The van der Waals surface area contributed by atoms with Gasteiger partial charge < -0.3 is 5.32 Å². The van der Waals surface area contributed by atoms with E-state index in [2.05, 4.69) is 15.3 Å². The highest BCUT2D eigenvalue weighted by molar-refractivity contribution is 7.95. The number of alkyl halides is 3. The van der Waals surface area contributed by atoms with Crippen molar-refractivity contribution in [1.29, 1.82) is 0 Å². The zero-order chi connectivity index (χ0) is 20.0. The largest absolute Gasteiger partial charge is 0.416 e. The second-order valence-electron chi connectivity index (χ2n) is 5.59. The Hall–Kier alpha value is -3.08. The fourth-order valence-electron chi connectivity index (χ4n) is 2.47. The quantitative estimate of drug-likeness (QED) is 0.847. The summed E-state index contributed by atoms with van der Waals surface area (Å²) in [5, 5.41) is 2.43. The van der Waals surface area contributed by atoms with Gasteiger partial charge in [0.25, 0.3) is 0 Å². The molecule has 0 atom stereocenters. The molecular formula is C16H10F3N3O4S. The molecule has 7 nitrogen and oxygen atoms in total. The summed E-state index contributed by atoms with van der Waals surface area (Å²) in [6, 6.07) is 3.54. The summed E-state index contributed by atoms with van der Waals surface area (Å²) in [5.41, 5.74) is -2.26. The number of sulfone groups is 1. The summed E-state index contributed by atoms with van der Waals surface area (Å²) >= 11 is 0. The topological polar surface area (TPSA) is 106 Å². The molecule has 0 spiro atoms. The number of carbonyl (C=O) groups is 2. The predicted octanol–water partition coefficient (Wildman–Crippen LogP) is 2.24. The summed E-state index contributed by atoms with van der Waals surface area (Å²) in [6.45, 7) is 0. The summed E-state index contributed by atoms with van der Waals surface area (Å²) in [6.07, 6.45) is -1.52. The van der Waals surface area contributed by atoms with Gasteiger partial charge in [0.05, 0.1) is 5.56 Å². The third-order valence-corrected chi connectivity index (χ3v) is 4.77. The number of hydrogen-bond acceptors (Lipinski definition) is 7. The lowest BCUT2D eigenvalue weighted by molar-refractivity contribution is -0.137. The van der Waals surface area contributed by atoms with Crippen LogP contribution in [-0.4, -0.2) is 36.2 Å². The molecule has 1 N–H and O–H groups in total. The Morgan fingerprint density at radius 2 is 1.44 bits per heavy atom. The smallest absolute Gasteiger partial charge is 0.351 e. The van der Waals surface area contributed by atoms with Gasteiger partial charge in [0, 0.05) is 24.3 Å². The van der Waals surface area contributed by atoms with E-state index in [0.717, 1.165) is 42.9 Å². The number of rotatable bonds is 3. The molecule has 1 aromatic heterocycles. The number of nitrogens with zero attached hydrogens (tertiary/aromatic N) is 2. The normalized spacial score (nSPS) is 15.0. The molecule has 1 aliphatic rings. The first kappa shape index (κ1) is 18.7. The molecule has 0 bridgehead atoms. The van der Waals surface area contributed by atoms with E-state index in [0.29, 0.717) is 0 Å². The second-order valence-corrected chi connectivity index (χ2v) is 7.54. The maximum atomic E-state index is 12.7. The summed E-state index contributed by atoms with van der Waals surface area (Å²) in [5.74, 6) is -1.92. The van der Waals surface area contributed by atoms with Crippen LogP contribution in [0.5, 0.6) is 0 Å². The van der Waals surface area contributed by atoms with Crippen molar-refractivity contribution in [2.24, 2.45) is 0 Å². The number of ketones is 2. The molecular weight excluding hydrogens is 387 g/mol. The minimum Gasteiger partial charge on any atom is -0.351 e. The predicted molar refractivity (Wildman–Crippen MR) is 87.6 cm³/mol. The van der Waals surface area contributed by atoms with Gasteiger partial charge in [-0.2, -0.15) is 13.2 Å². The Balaban J connectivity index is 2.11. The molecule has 1 aliphatic carbocycles. The molecule has 0 aliphatic heterocycles. The average Bonchev–Trinajstić information content (AvgIpc) is 2.58. The fraction of sp³-hybridized carbons (Fsp3) is 0.125. The number of benzene rings is 1. The molecule has 27 heavy (non-hydrogen) atoms. The highest BCUT2D eigenvalue weighted by atomic mass is 32.2. The zero-order valence-electron chi connectivity index (χ0n) is 13.5. The number of aromatic nitrogens is 2. The Bertz CT molecular complexity index is 1090. The van der Waals surface area contributed by atoms with E-state index in [1.165, 1.54) is 0 Å². The molecule has 140 valence electrons. The summed E-state index contributed by atoms with van der Waals surface area (Å²) < 4.78 is 62.1. The van der Waals surface area contributed by atoms with Crippen molar-refractivity contribution in [3.8, 4) is 0 Å². The standard InChI is InChI=1S/C16H10F3N3O4S/c1-27(25,26)15-12(13(23)10-11(14(15)24)21-7-6-20-10)22-9-4-2-8(3-5-9)16(17,18)19/h2-7,22H,1H3. The van der Waals surface area contributed by atoms with Crippen molar-refractivity contribution < 1.29 is 31.2 Å². The maximum absolute atomic E-state index is 12.7. The van der Waals surface area contributed by atoms with Crippen molar-refractivity contribution in [3.05, 3.63) is 64.2 Å². The minimum atomic E-state index is -4.55. The van der Waals surface area contributed by atoms with Crippen molar-refractivity contribution in [1.82, 2.24) is 9.97 Å². The van der Waals surface area contributed by atoms with E-state index in [4.69, 9.17) is 0 Å². The van der Waals surface area contributed by atoms with Gasteiger partial charge in [-0.25, -0.2) is 18.4 Å². The van der Waals surface area contributed by atoms with Gasteiger partial charge in [-0.3, -0.25) is 9.59 Å². The van der Waals surface area contributed by atoms with Crippen LogP contribution in [0.3, 0.4) is 0 Å². The van der Waals surface area contributed by atoms with Crippen LogP contribution in [0.2, 0.25) is 0 Å². The van der Waals surface area contributed by atoms with E-state index in [1.807, 2.05) is 0 Å². The molecule has 0 saturated carbocycles. The average molecular weight is 397 g/mol. The van der Waals surface area contributed by atoms with Gasteiger partial charge in [-0.1, -0.05) is 0 Å². The molecule has 1 aromatic carbocycles. The number of carbonyl (C=O) groups excluding carboxylic acids is 2. The Labute approximate surface area is 150 Å². The van der Waals surface area contributed by atoms with Gasteiger partial charge in [0.15, 0.2) is 9.84 Å². The van der Waals surface area contributed by atoms with E-state index >= 15 is 0 Å². The number of allylic oxidation sites excluding steroid dienone is 2. The molecule has 0 unspecified atom stereocenters. The molecule has 11 heteroatoms. The van der Waals surface area contributed by atoms with Crippen molar-refractivity contribution in [2.45, 2.75) is 6.18 Å². The first-order valence-corrected chi connectivity index (χ1v) is 9.18. The van der Waals surface area contributed by atoms with Crippen LogP contribution in [0.4, 0.5) is 18.9 Å². The van der Waals surface area contributed by atoms with Gasteiger partial charge in [-0.05, 0) is 24.3 Å². The van der Waals surface area contributed by atoms with Crippen molar-refractivity contribution >= 4 is 27.1 Å². The molecule has 2 aromatic rings. The Morgan fingerprint density at radius 3 is 1.93 bits per heavy atom. The number of Topliss-reactive ketones (excluding diaryl/α,β-unsaturated/α-hetero) is 2. The number of hydrogen-bond donors (Lipinski definition) is 1. The van der Waals surface area contributed by atoms with Crippen LogP contribution in [0.1, 0.15) is 26.5 Å². The maximum Gasteiger partial charge on any atom is 0.416 e. The third-order valence-electron chi connectivity index (χ3n) is 3.64.